The van der Waals surface area contributed by atoms with Crippen molar-refractivity contribution >= 4 is 0 Å². The Labute approximate surface area is 153 Å². The van der Waals surface area contributed by atoms with Gasteiger partial charge in [0.25, 0.3) is 0 Å². The second kappa shape index (κ2) is 6.70. The Hall–Kier alpha value is -0.860. The minimum atomic E-state index is -0.0862. The Morgan fingerprint density at radius 1 is 1.12 bits per heavy atom. The van der Waals surface area contributed by atoms with Crippen molar-refractivity contribution in [2.24, 2.45) is 17.8 Å². The topological polar surface area (TPSA) is 12.5 Å². The summed E-state index contributed by atoms with van der Waals surface area (Å²) in [5, 5.41) is 0. The van der Waals surface area contributed by atoms with Crippen molar-refractivity contribution in [3.63, 3.8) is 0 Å². The molecule has 2 nitrogen and oxygen atoms in total. The average Bonchev–Trinajstić information content (AvgIpc) is 3.18. The van der Waals surface area contributed by atoms with Crippen molar-refractivity contribution < 1.29 is 4.74 Å². The highest BCUT2D eigenvalue weighted by Crippen LogP contribution is 2.63. The molecule has 2 saturated heterocycles. The Morgan fingerprint density at radius 3 is 2.68 bits per heavy atom. The van der Waals surface area contributed by atoms with Crippen LogP contribution in [0, 0.1) is 17.8 Å². The number of unbranched alkanes of at least 4 members (excludes halogenated alkanes) is 3. The SMILES string of the molecule is CCCCCCO[C@]1(c2ccccc2)CN2C[C@@H](C)[C@@H]3CC[C@H]1[C@@]32C. The van der Waals surface area contributed by atoms with E-state index in [9.17, 15) is 0 Å². The normalized spacial score (nSPS) is 39.9. The molecule has 1 aromatic carbocycles. The molecular weight excluding hydrogens is 306 g/mol. The molecule has 2 heteroatoms. The first-order valence-electron chi connectivity index (χ1n) is 10.6. The van der Waals surface area contributed by atoms with Gasteiger partial charge in [-0.2, -0.15) is 0 Å². The van der Waals surface area contributed by atoms with Gasteiger partial charge in [-0.3, -0.25) is 4.90 Å². The fourth-order valence-corrected chi connectivity index (χ4v) is 6.54. The van der Waals surface area contributed by atoms with Gasteiger partial charge in [-0.05, 0) is 43.6 Å². The first-order chi connectivity index (χ1) is 12.1. The predicted molar refractivity (Wildman–Crippen MR) is 104 cm³/mol. The summed E-state index contributed by atoms with van der Waals surface area (Å²) in [5.74, 6) is 2.34. The van der Waals surface area contributed by atoms with Crippen LogP contribution in [0.1, 0.15) is 64.9 Å². The second-order valence-corrected chi connectivity index (χ2v) is 8.98. The molecule has 0 amide bonds. The van der Waals surface area contributed by atoms with Crippen LogP contribution in [-0.2, 0) is 10.3 Å². The van der Waals surface area contributed by atoms with Gasteiger partial charge in [0.05, 0.1) is 0 Å². The van der Waals surface area contributed by atoms with E-state index in [-0.39, 0.29) is 5.60 Å². The van der Waals surface area contributed by atoms with Crippen LogP contribution in [0.2, 0.25) is 0 Å². The quantitative estimate of drug-likeness (QED) is 0.630. The fourth-order valence-electron chi connectivity index (χ4n) is 6.54. The third kappa shape index (κ3) is 2.59. The number of ether oxygens (including phenoxy) is 1. The summed E-state index contributed by atoms with van der Waals surface area (Å²) >= 11 is 0. The van der Waals surface area contributed by atoms with E-state index in [4.69, 9.17) is 4.74 Å². The standard InChI is InChI=1S/C23H35NO/c1-4-5-6-10-15-25-23(19-11-8-7-9-12-19)17-24-16-18(2)20-13-14-21(23)22(20,24)3/h7-9,11-12,18,20-21H,4-6,10,13-17H2,1-3H3/t18-,20+,21+,22-,23+/m1/s1. The van der Waals surface area contributed by atoms with Crippen LogP contribution in [0.4, 0.5) is 0 Å². The summed E-state index contributed by atoms with van der Waals surface area (Å²) in [5.41, 5.74) is 1.68. The molecule has 0 spiro atoms. The highest BCUT2D eigenvalue weighted by molar-refractivity contribution is 5.32. The van der Waals surface area contributed by atoms with Crippen LogP contribution < -0.4 is 0 Å². The molecule has 2 aliphatic heterocycles. The molecule has 1 aromatic rings. The van der Waals surface area contributed by atoms with Crippen molar-refractivity contribution in [1.29, 1.82) is 0 Å². The molecule has 3 fully saturated rings. The van der Waals surface area contributed by atoms with Crippen LogP contribution >= 0.6 is 0 Å². The lowest BCUT2D eigenvalue weighted by Crippen LogP contribution is -2.43. The first kappa shape index (κ1) is 17.5. The van der Waals surface area contributed by atoms with E-state index >= 15 is 0 Å². The van der Waals surface area contributed by atoms with E-state index in [1.165, 1.54) is 50.6 Å². The minimum Gasteiger partial charge on any atom is -0.369 e. The lowest BCUT2D eigenvalue weighted by atomic mass is 9.73. The van der Waals surface area contributed by atoms with Gasteiger partial charge in [0.2, 0.25) is 0 Å². The maximum absolute atomic E-state index is 6.85. The Morgan fingerprint density at radius 2 is 1.92 bits per heavy atom. The molecule has 4 rings (SSSR count). The molecule has 0 unspecified atom stereocenters. The molecule has 0 radical (unpaired) electrons. The zero-order chi connectivity index (χ0) is 17.5. The highest BCUT2D eigenvalue weighted by atomic mass is 16.5. The summed E-state index contributed by atoms with van der Waals surface area (Å²) in [4.78, 5) is 2.79. The number of nitrogens with zero attached hydrogens (tertiary/aromatic N) is 1. The van der Waals surface area contributed by atoms with Gasteiger partial charge >= 0.3 is 0 Å². The van der Waals surface area contributed by atoms with Crippen molar-refractivity contribution in [2.75, 3.05) is 19.7 Å². The largest absolute Gasteiger partial charge is 0.369 e. The van der Waals surface area contributed by atoms with Crippen LogP contribution in [0.15, 0.2) is 30.3 Å². The van der Waals surface area contributed by atoms with Crippen molar-refractivity contribution in [3.8, 4) is 0 Å². The number of benzene rings is 1. The molecule has 2 heterocycles. The fraction of sp³-hybridized carbons (Fsp3) is 0.739. The summed E-state index contributed by atoms with van der Waals surface area (Å²) in [6.45, 7) is 10.5. The van der Waals surface area contributed by atoms with Gasteiger partial charge < -0.3 is 4.74 Å². The van der Waals surface area contributed by atoms with E-state index in [0.717, 1.165) is 25.0 Å². The predicted octanol–water partition coefficient (Wildman–Crippen LogP) is 5.23. The smallest absolute Gasteiger partial charge is 0.110 e. The Bertz CT molecular complexity index is 587. The Kier molecular flexibility index (Phi) is 4.70. The van der Waals surface area contributed by atoms with Crippen molar-refractivity contribution in [1.82, 2.24) is 4.90 Å². The molecule has 25 heavy (non-hydrogen) atoms. The van der Waals surface area contributed by atoms with E-state index in [1.54, 1.807) is 0 Å². The number of hydrogen-bond donors (Lipinski definition) is 0. The average molecular weight is 342 g/mol. The van der Waals surface area contributed by atoms with Crippen LogP contribution in [0.25, 0.3) is 0 Å². The zero-order valence-corrected chi connectivity index (χ0v) is 16.3. The number of rotatable bonds is 7. The maximum Gasteiger partial charge on any atom is 0.110 e. The first-order valence-corrected chi connectivity index (χ1v) is 10.6. The molecule has 0 bridgehead atoms. The van der Waals surface area contributed by atoms with Crippen LogP contribution in [-0.4, -0.2) is 30.1 Å². The summed E-state index contributed by atoms with van der Waals surface area (Å²) in [7, 11) is 0. The molecule has 1 saturated carbocycles. The van der Waals surface area contributed by atoms with Gasteiger partial charge in [-0.15, -0.1) is 0 Å². The third-order valence-corrected chi connectivity index (χ3v) is 7.71. The van der Waals surface area contributed by atoms with Gasteiger partial charge in [0.15, 0.2) is 0 Å². The molecule has 0 N–H and O–H groups in total. The van der Waals surface area contributed by atoms with E-state index in [1.807, 2.05) is 0 Å². The Balaban J connectivity index is 1.62. The van der Waals surface area contributed by atoms with Gasteiger partial charge in [-0.1, -0.05) is 63.4 Å². The monoisotopic (exact) mass is 341 g/mol. The highest BCUT2D eigenvalue weighted by Gasteiger charge is 2.68. The summed E-state index contributed by atoms with van der Waals surface area (Å²) < 4.78 is 6.85. The number of hydrogen-bond acceptors (Lipinski definition) is 2. The summed E-state index contributed by atoms with van der Waals surface area (Å²) in [6.07, 6.45) is 7.82. The molecular formula is C23H35NO. The van der Waals surface area contributed by atoms with Crippen LogP contribution in [0.5, 0.6) is 0 Å². The van der Waals surface area contributed by atoms with Gasteiger partial charge in [-0.25, -0.2) is 0 Å². The van der Waals surface area contributed by atoms with E-state index < -0.39 is 0 Å². The third-order valence-electron chi connectivity index (χ3n) is 7.71. The van der Waals surface area contributed by atoms with Crippen molar-refractivity contribution in [2.45, 2.75) is 70.4 Å². The lowest BCUT2D eigenvalue weighted by Gasteiger charge is -2.38. The van der Waals surface area contributed by atoms with E-state index in [0.29, 0.717) is 11.5 Å². The minimum absolute atomic E-state index is 0.0862. The molecule has 138 valence electrons. The zero-order valence-electron chi connectivity index (χ0n) is 16.3. The van der Waals surface area contributed by atoms with E-state index in [2.05, 4.69) is 56.0 Å². The van der Waals surface area contributed by atoms with Crippen molar-refractivity contribution in [3.05, 3.63) is 35.9 Å². The van der Waals surface area contributed by atoms with Gasteiger partial charge in [0.1, 0.15) is 5.60 Å². The van der Waals surface area contributed by atoms with Crippen LogP contribution in [0.3, 0.4) is 0 Å². The van der Waals surface area contributed by atoms with Gasteiger partial charge in [0, 0.05) is 31.2 Å². The molecule has 3 aliphatic rings. The summed E-state index contributed by atoms with van der Waals surface area (Å²) in [6, 6.07) is 11.1. The maximum atomic E-state index is 6.85. The molecule has 1 aliphatic carbocycles. The molecule has 5 atom stereocenters. The second-order valence-electron chi connectivity index (χ2n) is 8.98. The molecule has 0 aromatic heterocycles. The lowest BCUT2D eigenvalue weighted by molar-refractivity contribution is -0.0780.